The second-order valence-electron chi connectivity index (χ2n) is 3.91. The van der Waals surface area contributed by atoms with E-state index in [1.807, 2.05) is 31.2 Å². The van der Waals surface area contributed by atoms with Crippen molar-refractivity contribution in [1.29, 1.82) is 0 Å². The topological polar surface area (TPSA) is 58.6 Å². The van der Waals surface area contributed by atoms with Crippen molar-refractivity contribution in [1.82, 2.24) is 5.32 Å². The number of aliphatic hydroxyl groups excluding tert-OH is 1. The van der Waals surface area contributed by atoms with Gasteiger partial charge in [-0.1, -0.05) is 22.9 Å². The smallest absolute Gasteiger partial charge is 0.223 e. The summed E-state index contributed by atoms with van der Waals surface area (Å²) in [6, 6.07) is 7.28. The largest absolute Gasteiger partial charge is 0.493 e. The first-order valence-electron chi connectivity index (χ1n) is 5.94. The van der Waals surface area contributed by atoms with Crippen molar-refractivity contribution in [3.05, 3.63) is 28.7 Å². The van der Waals surface area contributed by atoms with Gasteiger partial charge >= 0.3 is 0 Å². The van der Waals surface area contributed by atoms with E-state index in [-0.39, 0.29) is 25.0 Å². The van der Waals surface area contributed by atoms with Gasteiger partial charge in [0, 0.05) is 4.47 Å². The van der Waals surface area contributed by atoms with Gasteiger partial charge in [0.2, 0.25) is 5.91 Å². The van der Waals surface area contributed by atoms with Crippen LogP contribution < -0.4 is 10.1 Å². The second-order valence-corrected chi connectivity index (χ2v) is 4.82. The van der Waals surface area contributed by atoms with Crippen molar-refractivity contribution >= 4 is 21.8 Å². The first-order valence-corrected chi connectivity index (χ1v) is 6.73. The highest BCUT2D eigenvalue weighted by Crippen LogP contribution is 2.16. The maximum Gasteiger partial charge on any atom is 0.223 e. The summed E-state index contributed by atoms with van der Waals surface area (Å²) in [6.07, 6.45) is 1.00. The second kappa shape index (κ2) is 8.11. The number of hydrogen-bond acceptors (Lipinski definition) is 3. The van der Waals surface area contributed by atoms with Crippen LogP contribution in [0.25, 0.3) is 0 Å². The summed E-state index contributed by atoms with van der Waals surface area (Å²) in [6.45, 7) is 2.21. The molecule has 0 spiro atoms. The van der Waals surface area contributed by atoms with Crippen molar-refractivity contribution in [2.45, 2.75) is 25.8 Å². The molecule has 1 aromatic carbocycles. The van der Waals surface area contributed by atoms with Crippen LogP contribution in [0.1, 0.15) is 19.8 Å². The summed E-state index contributed by atoms with van der Waals surface area (Å²) in [5.41, 5.74) is 0. The third-order valence-electron chi connectivity index (χ3n) is 2.49. The lowest BCUT2D eigenvalue weighted by molar-refractivity contribution is -0.122. The molecule has 18 heavy (non-hydrogen) atoms. The van der Waals surface area contributed by atoms with Gasteiger partial charge in [-0.05, 0) is 30.7 Å². The molecule has 5 heteroatoms. The number of halogens is 1. The van der Waals surface area contributed by atoms with Crippen LogP contribution in [-0.4, -0.2) is 30.3 Å². The number of nitrogens with one attached hydrogen (secondary N) is 1. The third-order valence-corrected chi connectivity index (χ3v) is 3.02. The molecule has 0 bridgehead atoms. The molecule has 0 radical (unpaired) electrons. The van der Waals surface area contributed by atoms with Crippen LogP contribution in [-0.2, 0) is 4.79 Å². The van der Waals surface area contributed by atoms with E-state index in [2.05, 4.69) is 21.2 Å². The highest BCUT2D eigenvalue weighted by molar-refractivity contribution is 9.10. The summed E-state index contributed by atoms with van der Waals surface area (Å²) in [7, 11) is 0. The molecule has 0 aliphatic carbocycles. The molecular formula is C13H18BrNO3. The van der Waals surface area contributed by atoms with Crippen LogP contribution in [0.4, 0.5) is 0 Å². The molecule has 0 heterocycles. The lowest BCUT2D eigenvalue weighted by Gasteiger charge is -2.14. The normalized spacial score (nSPS) is 11.9. The van der Waals surface area contributed by atoms with Gasteiger partial charge in [-0.25, -0.2) is 0 Å². The minimum atomic E-state index is -0.162. The molecule has 0 unspecified atom stereocenters. The molecular weight excluding hydrogens is 298 g/mol. The van der Waals surface area contributed by atoms with E-state index >= 15 is 0 Å². The Balaban J connectivity index is 2.25. The van der Waals surface area contributed by atoms with Gasteiger partial charge < -0.3 is 15.2 Å². The molecule has 0 aromatic heterocycles. The van der Waals surface area contributed by atoms with Gasteiger partial charge in [0.25, 0.3) is 0 Å². The highest BCUT2D eigenvalue weighted by Gasteiger charge is 2.08. The van der Waals surface area contributed by atoms with Crippen LogP contribution in [0.3, 0.4) is 0 Å². The van der Waals surface area contributed by atoms with Gasteiger partial charge in [0.05, 0.1) is 25.7 Å². The van der Waals surface area contributed by atoms with Crippen LogP contribution in [0.15, 0.2) is 28.7 Å². The number of ether oxygens (including phenoxy) is 1. The lowest BCUT2D eigenvalue weighted by Crippen LogP contribution is -2.37. The summed E-state index contributed by atoms with van der Waals surface area (Å²) in [4.78, 5) is 11.5. The third kappa shape index (κ3) is 5.51. The predicted octanol–water partition coefficient (Wildman–Crippen LogP) is 2.11. The highest BCUT2D eigenvalue weighted by atomic mass is 79.9. The van der Waals surface area contributed by atoms with Gasteiger partial charge in [-0.3, -0.25) is 4.79 Å². The molecule has 1 amide bonds. The Bertz CT molecular complexity index is 363. The van der Waals surface area contributed by atoms with Crippen molar-refractivity contribution in [2.24, 2.45) is 0 Å². The molecule has 2 N–H and O–H groups in total. The van der Waals surface area contributed by atoms with E-state index in [1.54, 1.807) is 0 Å². The number of hydrogen-bond donors (Lipinski definition) is 2. The fourth-order valence-corrected chi connectivity index (χ4v) is 1.63. The van der Waals surface area contributed by atoms with E-state index in [9.17, 15) is 4.79 Å². The minimum Gasteiger partial charge on any atom is -0.493 e. The summed E-state index contributed by atoms with van der Waals surface area (Å²) >= 11 is 3.34. The summed E-state index contributed by atoms with van der Waals surface area (Å²) in [5.74, 6) is 0.633. The zero-order valence-electron chi connectivity index (χ0n) is 10.4. The molecule has 0 saturated carbocycles. The molecule has 1 rings (SSSR count). The number of rotatable bonds is 7. The van der Waals surface area contributed by atoms with Crippen LogP contribution in [0.2, 0.25) is 0 Å². The Hall–Kier alpha value is -1.07. The fraction of sp³-hybridized carbons (Fsp3) is 0.462. The SMILES string of the molecule is CC[C@H](CO)NC(=O)CCOc1ccc(Br)cc1. The first kappa shape index (κ1) is 15.0. The Morgan fingerprint density at radius 3 is 2.67 bits per heavy atom. The summed E-state index contributed by atoms with van der Waals surface area (Å²) in [5, 5.41) is 11.7. The van der Waals surface area contributed by atoms with E-state index in [0.29, 0.717) is 6.61 Å². The Labute approximate surface area is 115 Å². The average Bonchev–Trinajstić information content (AvgIpc) is 2.38. The maximum absolute atomic E-state index is 11.5. The number of carbonyl (C=O) groups is 1. The molecule has 1 aromatic rings. The molecule has 0 fully saturated rings. The molecule has 1 atom stereocenters. The number of benzene rings is 1. The maximum atomic E-state index is 11.5. The molecule has 4 nitrogen and oxygen atoms in total. The van der Waals surface area contributed by atoms with Gasteiger partial charge in [0.15, 0.2) is 0 Å². The van der Waals surface area contributed by atoms with E-state index in [1.165, 1.54) is 0 Å². The zero-order chi connectivity index (χ0) is 13.4. The Morgan fingerprint density at radius 1 is 1.44 bits per heavy atom. The lowest BCUT2D eigenvalue weighted by atomic mass is 10.2. The minimum absolute atomic E-state index is 0.0319. The van der Waals surface area contributed by atoms with Gasteiger partial charge in [0.1, 0.15) is 5.75 Å². The number of carbonyl (C=O) groups excluding carboxylic acids is 1. The van der Waals surface area contributed by atoms with E-state index < -0.39 is 0 Å². The monoisotopic (exact) mass is 315 g/mol. The Kier molecular flexibility index (Phi) is 6.75. The fourth-order valence-electron chi connectivity index (χ4n) is 1.37. The molecule has 0 aliphatic heterocycles. The van der Waals surface area contributed by atoms with Crippen LogP contribution in [0, 0.1) is 0 Å². The summed E-state index contributed by atoms with van der Waals surface area (Å²) < 4.78 is 6.42. The Morgan fingerprint density at radius 2 is 2.11 bits per heavy atom. The molecule has 0 saturated heterocycles. The van der Waals surface area contributed by atoms with Gasteiger partial charge in [-0.15, -0.1) is 0 Å². The van der Waals surface area contributed by atoms with Gasteiger partial charge in [-0.2, -0.15) is 0 Å². The number of amides is 1. The standard InChI is InChI=1S/C13H18BrNO3/c1-2-11(9-16)15-13(17)7-8-18-12-5-3-10(14)4-6-12/h3-6,11,16H,2,7-9H2,1H3,(H,15,17)/t11-/m1/s1. The van der Waals surface area contributed by atoms with Crippen molar-refractivity contribution in [3.8, 4) is 5.75 Å². The van der Waals surface area contributed by atoms with Crippen LogP contribution >= 0.6 is 15.9 Å². The first-order chi connectivity index (χ1) is 8.65. The number of aliphatic hydroxyl groups is 1. The van der Waals surface area contributed by atoms with Crippen molar-refractivity contribution in [3.63, 3.8) is 0 Å². The van der Waals surface area contributed by atoms with Crippen LogP contribution in [0.5, 0.6) is 5.75 Å². The van der Waals surface area contributed by atoms with E-state index in [4.69, 9.17) is 9.84 Å². The zero-order valence-corrected chi connectivity index (χ0v) is 11.9. The van der Waals surface area contributed by atoms with Crippen molar-refractivity contribution < 1.29 is 14.6 Å². The van der Waals surface area contributed by atoms with Crippen molar-refractivity contribution in [2.75, 3.05) is 13.2 Å². The average molecular weight is 316 g/mol. The quantitative estimate of drug-likeness (QED) is 0.810. The molecule has 100 valence electrons. The molecule has 0 aliphatic rings. The predicted molar refractivity (Wildman–Crippen MR) is 73.6 cm³/mol. The van der Waals surface area contributed by atoms with E-state index in [0.717, 1.165) is 16.6 Å².